The lowest BCUT2D eigenvalue weighted by Crippen LogP contribution is -2.51. The number of unbranched alkanes of at least 4 members (excludes halogenated alkanes) is 1. The first-order chi connectivity index (χ1) is 13.2. The third-order valence-electron chi connectivity index (χ3n) is 6.37. The smallest absolute Gasteiger partial charge is 0.245 e. The van der Waals surface area contributed by atoms with E-state index >= 15 is 0 Å². The maximum atomic E-state index is 13.6. The Balaban J connectivity index is 1.77. The number of carbonyl (C=O) groups is 2. The third kappa shape index (κ3) is 4.95. The molecule has 1 N–H and O–H groups in total. The van der Waals surface area contributed by atoms with Crippen LogP contribution in [0.2, 0.25) is 0 Å². The van der Waals surface area contributed by atoms with Gasteiger partial charge >= 0.3 is 0 Å². The van der Waals surface area contributed by atoms with Crippen molar-refractivity contribution in [3.05, 3.63) is 35.9 Å². The van der Waals surface area contributed by atoms with Crippen molar-refractivity contribution in [2.24, 2.45) is 10.8 Å². The molecular formula is C24H36N2O2. The van der Waals surface area contributed by atoms with Gasteiger partial charge in [-0.15, -0.1) is 0 Å². The molecule has 1 aliphatic carbocycles. The van der Waals surface area contributed by atoms with E-state index in [-0.39, 0.29) is 22.6 Å². The third-order valence-corrected chi connectivity index (χ3v) is 6.37. The van der Waals surface area contributed by atoms with Crippen molar-refractivity contribution in [3.63, 3.8) is 0 Å². The summed E-state index contributed by atoms with van der Waals surface area (Å²) in [6, 6.07) is 9.85. The van der Waals surface area contributed by atoms with Crippen LogP contribution in [0, 0.1) is 10.8 Å². The van der Waals surface area contributed by atoms with Crippen LogP contribution in [0.5, 0.6) is 0 Å². The van der Waals surface area contributed by atoms with Crippen LogP contribution in [-0.4, -0.2) is 35.3 Å². The zero-order valence-electron chi connectivity index (χ0n) is 18.0. The Hall–Kier alpha value is -1.84. The number of likely N-dealkylation sites (tertiary alicyclic amines) is 1. The fraction of sp³-hybridized carbons (Fsp3) is 0.667. The number of fused-ring (bicyclic) bond motifs is 2. The number of rotatable bonds is 7. The molecule has 3 rings (SSSR count). The average Bonchev–Trinajstić information content (AvgIpc) is 2.88. The lowest BCUT2D eigenvalue weighted by Gasteiger charge is -2.39. The van der Waals surface area contributed by atoms with E-state index in [4.69, 9.17) is 0 Å². The Morgan fingerprint density at radius 2 is 1.89 bits per heavy atom. The topological polar surface area (TPSA) is 49.4 Å². The van der Waals surface area contributed by atoms with E-state index < -0.39 is 6.04 Å². The molecule has 154 valence electrons. The summed E-state index contributed by atoms with van der Waals surface area (Å²) in [4.78, 5) is 28.1. The van der Waals surface area contributed by atoms with E-state index in [1.165, 1.54) is 0 Å². The molecule has 1 saturated heterocycles. The first-order valence-corrected chi connectivity index (χ1v) is 10.9. The van der Waals surface area contributed by atoms with Gasteiger partial charge in [-0.3, -0.25) is 9.59 Å². The Kier molecular flexibility index (Phi) is 6.16. The van der Waals surface area contributed by atoms with Crippen molar-refractivity contribution in [2.45, 2.75) is 84.7 Å². The molecule has 4 nitrogen and oxygen atoms in total. The van der Waals surface area contributed by atoms with Crippen LogP contribution in [0.1, 0.15) is 71.8 Å². The van der Waals surface area contributed by atoms with Crippen LogP contribution in [-0.2, 0) is 16.0 Å². The number of hydrogen-bond donors (Lipinski definition) is 1. The molecule has 1 saturated carbocycles. The highest BCUT2D eigenvalue weighted by Crippen LogP contribution is 2.52. The molecule has 1 aliphatic heterocycles. The predicted octanol–water partition coefficient (Wildman–Crippen LogP) is 4.33. The van der Waals surface area contributed by atoms with Crippen molar-refractivity contribution in [2.75, 3.05) is 6.54 Å². The lowest BCUT2D eigenvalue weighted by atomic mass is 9.65. The molecule has 1 aromatic rings. The number of nitrogens with zero attached hydrogens (tertiary/aromatic N) is 1. The van der Waals surface area contributed by atoms with Gasteiger partial charge in [0.05, 0.1) is 0 Å². The van der Waals surface area contributed by atoms with Gasteiger partial charge in [-0.2, -0.15) is 0 Å². The highest BCUT2D eigenvalue weighted by Gasteiger charge is 2.51. The molecule has 1 aromatic carbocycles. The summed E-state index contributed by atoms with van der Waals surface area (Å²) in [5, 5.41) is 3.06. The van der Waals surface area contributed by atoms with Gasteiger partial charge in [0.25, 0.3) is 0 Å². The Morgan fingerprint density at radius 1 is 1.18 bits per heavy atom. The first kappa shape index (κ1) is 20.9. The van der Waals surface area contributed by atoms with Crippen LogP contribution in [0.3, 0.4) is 0 Å². The zero-order chi connectivity index (χ0) is 20.4. The van der Waals surface area contributed by atoms with Gasteiger partial charge in [0.15, 0.2) is 0 Å². The van der Waals surface area contributed by atoms with Crippen LogP contribution < -0.4 is 5.32 Å². The van der Waals surface area contributed by atoms with Crippen molar-refractivity contribution >= 4 is 11.8 Å². The first-order valence-electron chi connectivity index (χ1n) is 10.9. The molecule has 2 amide bonds. The Morgan fingerprint density at radius 3 is 2.57 bits per heavy atom. The van der Waals surface area contributed by atoms with Crippen molar-refractivity contribution in [1.82, 2.24) is 10.2 Å². The number of hydrogen-bond acceptors (Lipinski definition) is 2. The molecular weight excluding hydrogens is 348 g/mol. The summed E-state index contributed by atoms with van der Waals surface area (Å²) >= 11 is 0. The minimum Gasteiger partial charge on any atom is -0.344 e. The summed E-state index contributed by atoms with van der Waals surface area (Å²) in [7, 11) is 0. The predicted molar refractivity (Wildman–Crippen MR) is 113 cm³/mol. The van der Waals surface area contributed by atoms with E-state index in [1.54, 1.807) is 0 Å². The van der Waals surface area contributed by atoms with E-state index in [1.807, 2.05) is 30.3 Å². The number of carbonyl (C=O) groups excluding carboxylic acids is 2. The van der Waals surface area contributed by atoms with Gasteiger partial charge in [0.1, 0.15) is 6.04 Å². The maximum absolute atomic E-state index is 13.6. The molecule has 2 fully saturated rings. The molecule has 0 radical (unpaired) electrons. The van der Waals surface area contributed by atoms with E-state index in [0.717, 1.165) is 44.2 Å². The summed E-state index contributed by atoms with van der Waals surface area (Å²) in [5.41, 5.74) is 1.56. The number of amides is 2. The molecule has 1 heterocycles. The molecule has 2 bridgehead atoms. The fourth-order valence-electron chi connectivity index (χ4n) is 5.57. The normalized spacial score (nSPS) is 26.7. The Bertz CT molecular complexity index is 700. The highest BCUT2D eigenvalue weighted by atomic mass is 16.2. The second-order valence-electron chi connectivity index (χ2n) is 10.1. The molecule has 0 spiro atoms. The van der Waals surface area contributed by atoms with E-state index in [2.05, 4.69) is 37.9 Å². The standard InChI is InChI=1S/C24H36N2O2/c1-5-6-12-21(27)25-20(13-18-10-8-7-9-11-18)22(28)26-17-24(4)15-19(26)14-23(2,3)16-24/h7-11,19-20H,5-6,12-17H2,1-4H3,(H,25,27). The van der Waals surface area contributed by atoms with Crippen LogP contribution in [0.25, 0.3) is 0 Å². The quantitative estimate of drug-likeness (QED) is 0.761. The van der Waals surface area contributed by atoms with Crippen molar-refractivity contribution in [3.8, 4) is 0 Å². The summed E-state index contributed by atoms with van der Waals surface area (Å²) in [6.45, 7) is 9.85. The molecule has 0 aromatic heterocycles. The average molecular weight is 385 g/mol. The second kappa shape index (κ2) is 8.26. The minimum atomic E-state index is -0.474. The summed E-state index contributed by atoms with van der Waals surface area (Å²) in [5.74, 6) is 0.0879. The van der Waals surface area contributed by atoms with Crippen molar-refractivity contribution < 1.29 is 9.59 Å². The highest BCUT2D eigenvalue weighted by molar-refractivity contribution is 5.88. The molecule has 2 aliphatic rings. The van der Waals surface area contributed by atoms with Gasteiger partial charge in [-0.1, -0.05) is 64.4 Å². The second-order valence-corrected chi connectivity index (χ2v) is 10.1. The maximum Gasteiger partial charge on any atom is 0.245 e. The molecule has 28 heavy (non-hydrogen) atoms. The lowest BCUT2D eigenvalue weighted by molar-refractivity contribution is -0.137. The van der Waals surface area contributed by atoms with Gasteiger partial charge in [-0.05, 0) is 42.1 Å². The zero-order valence-corrected chi connectivity index (χ0v) is 18.0. The van der Waals surface area contributed by atoms with Gasteiger partial charge in [0.2, 0.25) is 11.8 Å². The fourth-order valence-corrected chi connectivity index (χ4v) is 5.57. The van der Waals surface area contributed by atoms with Crippen LogP contribution >= 0.6 is 0 Å². The summed E-state index contributed by atoms with van der Waals surface area (Å²) in [6.07, 6.45) is 6.18. The SMILES string of the molecule is CCCCC(=O)NC(Cc1ccccc1)C(=O)N1CC2(C)CC1CC(C)(C)C2. The monoisotopic (exact) mass is 384 g/mol. The summed E-state index contributed by atoms with van der Waals surface area (Å²) < 4.78 is 0. The van der Waals surface area contributed by atoms with Gasteiger partial charge < -0.3 is 10.2 Å². The molecule has 4 heteroatoms. The Labute approximate surface area is 170 Å². The van der Waals surface area contributed by atoms with Gasteiger partial charge in [0, 0.05) is 25.4 Å². The number of nitrogens with one attached hydrogen (secondary N) is 1. The largest absolute Gasteiger partial charge is 0.344 e. The molecule has 3 atom stereocenters. The van der Waals surface area contributed by atoms with Gasteiger partial charge in [-0.25, -0.2) is 0 Å². The van der Waals surface area contributed by atoms with Crippen molar-refractivity contribution in [1.29, 1.82) is 0 Å². The van der Waals surface area contributed by atoms with Crippen LogP contribution in [0.4, 0.5) is 0 Å². The minimum absolute atomic E-state index is 0.00941. The van der Waals surface area contributed by atoms with E-state index in [0.29, 0.717) is 18.9 Å². The van der Waals surface area contributed by atoms with E-state index in [9.17, 15) is 9.59 Å². The number of benzene rings is 1. The van der Waals surface area contributed by atoms with Crippen LogP contribution in [0.15, 0.2) is 30.3 Å². The molecule has 3 unspecified atom stereocenters.